The lowest BCUT2D eigenvalue weighted by molar-refractivity contribution is -0.138. The summed E-state index contributed by atoms with van der Waals surface area (Å²) in [4.78, 5) is 14.1. The molecule has 4 rings (SSSR count). The van der Waals surface area contributed by atoms with Gasteiger partial charge in [0.05, 0.1) is 43.1 Å². The van der Waals surface area contributed by atoms with Crippen LogP contribution >= 0.6 is 0 Å². The summed E-state index contributed by atoms with van der Waals surface area (Å²) in [5.41, 5.74) is 0.603. The molecule has 0 spiro atoms. The monoisotopic (exact) mass is 431 g/mol. The molecule has 0 aliphatic carbocycles. The van der Waals surface area contributed by atoms with Gasteiger partial charge in [0, 0.05) is 18.7 Å². The molecule has 1 aromatic carbocycles. The van der Waals surface area contributed by atoms with Crippen molar-refractivity contribution in [3.05, 3.63) is 41.3 Å². The fraction of sp³-hybridized carbons (Fsp3) is 0.381. The van der Waals surface area contributed by atoms with Gasteiger partial charge in [0.1, 0.15) is 23.2 Å². The first-order valence-electron chi connectivity index (χ1n) is 9.83. The summed E-state index contributed by atoms with van der Waals surface area (Å²) in [6.45, 7) is 5.14. The van der Waals surface area contributed by atoms with Gasteiger partial charge in [-0.15, -0.1) is 0 Å². The van der Waals surface area contributed by atoms with E-state index in [0.29, 0.717) is 36.6 Å². The van der Waals surface area contributed by atoms with E-state index in [9.17, 15) is 18.4 Å². The van der Waals surface area contributed by atoms with Crippen molar-refractivity contribution in [1.29, 1.82) is 5.26 Å². The Bertz CT molecular complexity index is 1130. The standard InChI is InChI=1S/C21H20F3N5O2/c1-2-31-18-4-3-13(9-14(18)21(22,23)24)15-10-16-20(17(11-25)26-15)28-19(27-16)12-29-5-7-30-8-6-29/h3-4,9-10H,2,5-8,12H2,1H3,(H,27,28). The Kier molecular flexibility index (Phi) is 5.80. The van der Waals surface area contributed by atoms with Crippen LogP contribution in [0.25, 0.3) is 22.3 Å². The van der Waals surface area contributed by atoms with E-state index in [2.05, 4.69) is 19.9 Å². The molecule has 3 heterocycles. The van der Waals surface area contributed by atoms with Crippen LogP contribution in [0.5, 0.6) is 5.75 Å². The van der Waals surface area contributed by atoms with E-state index in [1.54, 1.807) is 13.0 Å². The molecule has 2 aromatic heterocycles. The Hall–Kier alpha value is -3.16. The number of benzene rings is 1. The molecule has 0 amide bonds. The zero-order valence-electron chi connectivity index (χ0n) is 16.8. The number of rotatable bonds is 5. The number of pyridine rings is 1. The Balaban J connectivity index is 1.73. The van der Waals surface area contributed by atoms with Gasteiger partial charge in [0.25, 0.3) is 0 Å². The van der Waals surface area contributed by atoms with Crippen molar-refractivity contribution in [2.45, 2.75) is 19.6 Å². The van der Waals surface area contributed by atoms with Crippen molar-refractivity contribution in [3.63, 3.8) is 0 Å². The summed E-state index contributed by atoms with van der Waals surface area (Å²) in [7, 11) is 0. The number of halogens is 3. The summed E-state index contributed by atoms with van der Waals surface area (Å²) in [6.07, 6.45) is -4.58. The second-order valence-corrected chi connectivity index (χ2v) is 7.08. The average Bonchev–Trinajstić information content (AvgIpc) is 3.15. The van der Waals surface area contributed by atoms with Crippen molar-refractivity contribution in [1.82, 2.24) is 19.9 Å². The van der Waals surface area contributed by atoms with Crippen molar-refractivity contribution < 1.29 is 22.6 Å². The van der Waals surface area contributed by atoms with E-state index in [4.69, 9.17) is 9.47 Å². The number of fused-ring (bicyclic) bond motifs is 1. The van der Waals surface area contributed by atoms with E-state index >= 15 is 0 Å². The molecule has 1 aliphatic rings. The predicted octanol–water partition coefficient (Wildman–Crippen LogP) is 3.75. The van der Waals surface area contributed by atoms with Crippen LogP contribution < -0.4 is 4.74 Å². The smallest absolute Gasteiger partial charge is 0.419 e. The number of H-pyrrole nitrogens is 1. The van der Waals surface area contributed by atoms with E-state index in [1.165, 1.54) is 12.1 Å². The van der Waals surface area contributed by atoms with Gasteiger partial charge >= 0.3 is 6.18 Å². The van der Waals surface area contributed by atoms with Gasteiger partial charge < -0.3 is 14.5 Å². The molecular weight excluding hydrogens is 411 g/mol. The van der Waals surface area contributed by atoms with E-state index < -0.39 is 11.7 Å². The van der Waals surface area contributed by atoms with Crippen molar-refractivity contribution in [2.75, 3.05) is 32.9 Å². The van der Waals surface area contributed by atoms with Crippen LogP contribution in [0.3, 0.4) is 0 Å². The Morgan fingerprint density at radius 3 is 2.68 bits per heavy atom. The number of hydrogen-bond donors (Lipinski definition) is 1. The first kappa shape index (κ1) is 21.1. The summed E-state index contributed by atoms with van der Waals surface area (Å²) < 4.78 is 51.0. The molecule has 7 nitrogen and oxygen atoms in total. The third kappa shape index (κ3) is 4.47. The molecule has 0 atom stereocenters. The summed E-state index contributed by atoms with van der Waals surface area (Å²) in [5.74, 6) is 0.421. The molecule has 0 bridgehead atoms. The van der Waals surface area contributed by atoms with E-state index in [-0.39, 0.29) is 29.3 Å². The first-order valence-corrected chi connectivity index (χ1v) is 9.83. The third-order valence-corrected chi connectivity index (χ3v) is 4.98. The quantitative estimate of drug-likeness (QED) is 0.662. The van der Waals surface area contributed by atoms with Crippen LogP contribution in [0, 0.1) is 11.3 Å². The maximum Gasteiger partial charge on any atom is 0.419 e. The molecule has 1 aliphatic heterocycles. The first-order chi connectivity index (χ1) is 14.9. The molecule has 10 heteroatoms. The minimum atomic E-state index is -4.58. The number of ether oxygens (including phenoxy) is 2. The molecule has 0 unspecified atom stereocenters. The summed E-state index contributed by atoms with van der Waals surface area (Å²) in [6, 6.07) is 7.38. The SMILES string of the molecule is CCOc1ccc(-c2cc3[nH]c(CN4CCOCC4)nc3c(C#N)n2)cc1C(F)(F)F. The van der Waals surface area contributed by atoms with Gasteiger partial charge in [-0.1, -0.05) is 0 Å². The van der Waals surface area contributed by atoms with Crippen LogP contribution in [0.2, 0.25) is 0 Å². The largest absolute Gasteiger partial charge is 0.493 e. The van der Waals surface area contributed by atoms with Crippen molar-refractivity contribution >= 4 is 11.0 Å². The molecule has 1 saturated heterocycles. The molecule has 3 aromatic rings. The highest BCUT2D eigenvalue weighted by molar-refractivity contribution is 5.84. The minimum Gasteiger partial charge on any atom is -0.493 e. The maximum absolute atomic E-state index is 13.5. The number of hydrogen-bond acceptors (Lipinski definition) is 6. The van der Waals surface area contributed by atoms with Gasteiger partial charge in [-0.2, -0.15) is 18.4 Å². The second kappa shape index (κ2) is 8.53. The molecule has 1 N–H and O–H groups in total. The Labute approximate surface area is 176 Å². The molecule has 0 radical (unpaired) electrons. The van der Waals surface area contributed by atoms with Gasteiger partial charge in [-0.05, 0) is 31.2 Å². The third-order valence-electron chi connectivity index (χ3n) is 4.98. The van der Waals surface area contributed by atoms with Gasteiger partial charge in [0.2, 0.25) is 0 Å². The van der Waals surface area contributed by atoms with Crippen LogP contribution in [0.15, 0.2) is 24.3 Å². The fourth-order valence-electron chi connectivity index (χ4n) is 3.53. The summed E-state index contributed by atoms with van der Waals surface area (Å²) >= 11 is 0. The Morgan fingerprint density at radius 2 is 2.00 bits per heavy atom. The number of alkyl halides is 3. The van der Waals surface area contributed by atoms with Gasteiger partial charge in [-0.3, -0.25) is 4.90 Å². The highest BCUT2D eigenvalue weighted by Crippen LogP contribution is 2.39. The highest BCUT2D eigenvalue weighted by Gasteiger charge is 2.35. The molecule has 0 saturated carbocycles. The number of aromatic nitrogens is 3. The lowest BCUT2D eigenvalue weighted by Gasteiger charge is -2.25. The second-order valence-electron chi connectivity index (χ2n) is 7.08. The molecule has 162 valence electrons. The number of imidazole rings is 1. The lowest BCUT2D eigenvalue weighted by atomic mass is 10.1. The zero-order chi connectivity index (χ0) is 22.0. The Morgan fingerprint density at radius 1 is 1.23 bits per heavy atom. The summed E-state index contributed by atoms with van der Waals surface area (Å²) in [5, 5.41) is 9.54. The predicted molar refractivity (Wildman–Crippen MR) is 106 cm³/mol. The van der Waals surface area contributed by atoms with Crippen LogP contribution in [-0.2, 0) is 17.5 Å². The van der Waals surface area contributed by atoms with Crippen LogP contribution in [0.4, 0.5) is 13.2 Å². The zero-order valence-corrected chi connectivity index (χ0v) is 16.8. The number of aromatic amines is 1. The number of nitriles is 1. The average molecular weight is 431 g/mol. The highest BCUT2D eigenvalue weighted by atomic mass is 19.4. The van der Waals surface area contributed by atoms with E-state index in [0.717, 1.165) is 19.2 Å². The molecule has 31 heavy (non-hydrogen) atoms. The fourth-order valence-corrected chi connectivity index (χ4v) is 3.53. The van der Waals surface area contributed by atoms with E-state index in [1.807, 2.05) is 6.07 Å². The number of morpholine rings is 1. The van der Waals surface area contributed by atoms with Gasteiger partial charge in [-0.25, -0.2) is 9.97 Å². The maximum atomic E-state index is 13.5. The minimum absolute atomic E-state index is 0.0550. The number of nitrogens with zero attached hydrogens (tertiary/aromatic N) is 4. The lowest BCUT2D eigenvalue weighted by Crippen LogP contribution is -2.35. The number of nitrogens with one attached hydrogen (secondary N) is 1. The van der Waals surface area contributed by atoms with Crippen LogP contribution in [-0.4, -0.2) is 52.8 Å². The van der Waals surface area contributed by atoms with Crippen molar-refractivity contribution in [2.24, 2.45) is 0 Å². The topological polar surface area (TPSA) is 87.1 Å². The normalized spacial score (nSPS) is 15.2. The van der Waals surface area contributed by atoms with Crippen LogP contribution in [0.1, 0.15) is 24.0 Å². The molecule has 1 fully saturated rings. The molecular formula is C21H20F3N5O2. The van der Waals surface area contributed by atoms with Crippen molar-refractivity contribution in [3.8, 4) is 23.1 Å². The van der Waals surface area contributed by atoms with Gasteiger partial charge in [0.15, 0.2) is 5.69 Å².